The van der Waals surface area contributed by atoms with Crippen molar-refractivity contribution in [3.8, 4) is 0 Å². The molecule has 1 fully saturated rings. The molecule has 1 aromatic carbocycles. The predicted molar refractivity (Wildman–Crippen MR) is 115 cm³/mol. The maximum Gasteiger partial charge on any atom is 0.263 e. The molecule has 0 radical (unpaired) electrons. The molecule has 2 heterocycles. The van der Waals surface area contributed by atoms with Gasteiger partial charge in [0.1, 0.15) is 6.04 Å². The Labute approximate surface area is 190 Å². The van der Waals surface area contributed by atoms with Crippen molar-refractivity contribution in [1.82, 2.24) is 10.2 Å². The Morgan fingerprint density at radius 1 is 0.969 bits per heavy atom. The lowest BCUT2D eigenvalue weighted by Crippen LogP contribution is -2.54. The first kappa shape index (κ1) is 24.3. The van der Waals surface area contributed by atoms with Crippen LogP contribution in [0, 0.1) is 0 Å². The standard InChI is InChI=1S/C21H27N3O7S/c22-6-7-29-8-9-30-10-11-31-12-13-32-16-3-1-2-14-18(16)21(28)24(20(14)27)15-4-5-17(25)23-19(15)26/h1-3,15H,4-13,22H2,(H,23,25,26). The maximum absolute atomic E-state index is 13.0. The SMILES string of the molecule is NCCOCCOCCOCCSc1cccc2c1C(=O)N(C1CCC(=O)NC1=O)C2=O. The van der Waals surface area contributed by atoms with Crippen molar-refractivity contribution in [2.45, 2.75) is 23.8 Å². The summed E-state index contributed by atoms with van der Waals surface area (Å²) < 4.78 is 16.1. The summed E-state index contributed by atoms with van der Waals surface area (Å²) in [7, 11) is 0. The second kappa shape index (κ2) is 12.1. The highest BCUT2D eigenvalue weighted by Gasteiger charge is 2.45. The number of fused-ring (bicyclic) bond motifs is 1. The van der Waals surface area contributed by atoms with E-state index >= 15 is 0 Å². The molecular formula is C21H27N3O7S. The van der Waals surface area contributed by atoms with E-state index in [0.29, 0.717) is 62.4 Å². The Bertz CT molecular complexity index is 864. The summed E-state index contributed by atoms with van der Waals surface area (Å²) in [5, 5.41) is 2.20. The highest BCUT2D eigenvalue weighted by Crippen LogP contribution is 2.34. The summed E-state index contributed by atoms with van der Waals surface area (Å²) in [5.41, 5.74) is 5.90. The van der Waals surface area contributed by atoms with E-state index in [-0.39, 0.29) is 18.4 Å². The lowest BCUT2D eigenvalue weighted by atomic mass is 10.0. The number of nitrogens with zero attached hydrogens (tertiary/aromatic N) is 1. The summed E-state index contributed by atoms with van der Waals surface area (Å²) in [4.78, 5) is 51.1. The zero-order valence-electron chi connectivity index (χ0n) is 17.7. The van der Waals surface area contributed by atoms with Crippen LogP contribution >= 0.6 is 11.8 Å². The molecule has 0 aliphatic carbocycles. The fraction of sp³-hybridized carbons (Fsp3) is 0.524. The van der Waals surface area contributed by atoms with E-state index in [0.717, 1.165) is 4.90 Å². The number of hydrogen-bond donors (Lipinski definition) is 2. The normalized spacial score (nSPS) is 18.3. The van der Waals surface area contributed by atoms with Crippen LogP contribution in [0.4, 0.5) is 0 Å². The summed E-state index contributed by atoms with van der Waals surface area (Å²) in [6.07, 6.45) is 0.223. The molecule has 0 bridgehead atoms. The Balaban J connectivity index is 1.47. The Morgan fingerprint density at radius 3 is 2.34 bits per heavy atom. The quantitative estimate of drug-likeness (QED) is 0.237. The van der Waals surface area contributed by atoms with E-state index in [1.54, 1.807) is 18.2 Å². The molecule has 1 aromatic rings. The van der Waals surface area contributed by atoms with Crippen LogP contribution in [-0.2, 0) is 23.8 Å². The number of carbonyl (C=O) groups excluding carboxylic acids is 4. The van der Waals surface area contributed by atoms with Crippen molar-refractivity contribution in [2.24, 2.45) is 5.73 Å². The molecule has 0 aromatic heterocycles. The molecule has 32 heavy (non-hydrogen) atoms. The van der Waals surface area contributed by atoms with E-state index in [4.69, 9.17) is 19.9 Å². The van der Waals surface area contributed by atoms with Gasteiger partial charge in [-0.15, -0.1) is 11.8 Å². The Morgan fingerprint density at radius 2 is 1.66 bits per heavy atom. The van der Waals surface area contributed by atoms with Gasteiger partial charge in [-0.2, -0.15) is 0 Å². The Kier molecular flexibility index (Phi) is 9.18. The van der Waals surface area contributed by atoms with Crippen LogP contribution in [-0.4, -0.2) is 86.5 Å². The van der Waals surface area contributed by atoms with E-state index in [2.05, 4.69) is 5.32 Å². The van der Waals surface area contributed by atoms with Gasteiger partial charge in [0.25, 0.3) is 11.8 Å². The van der Waals surface area contributed by atoms with Gasteiger partial charge in [0.15, 0.2) is 0 Å². The van der Waals surface area contributed by atoms with E-state index < -0.39 is 29.7 Å². The first-order chi connectivity index (χ1) is 15.5. The van der Waals surface area contributed by atoms with Gasteiger partial charge < -0.3 is 19.9 Å². The summed E-state index contributed by atoms with van der Waals surface area (Å²) in [6.45, 7) is 3.30. The van der Waals surface area contributed by atoms with Crippen molar-refractivity contribution in [3.63, 3.8) is 0 Å². The molecule has 1 saturated heterocycles. The maximum atomic E-state index is 13.0. The number of piperidine rings is 1. The Hall–Kier alpha value is -2.31. The minimum absolute atomic E-state index is 0.0905. The van der Waals surface area contributed by atoms with Crippen LogP contribution in [0.2, 0.25) is 0 Å². The zero-order chi connectivity index (χ0) is 22.9. The molecule has 2 aliphatic rings. The number of ether oxygens (including phenoxy) is 3. The van der Waals surface area contributed by atoms with Crippen LogP contribution in [0.1, 0.15) is 33.6 Å². The third kappa shape index (κ3) is 5.93. The second-order valence-corrected chi connectivity index (χ2v) is 8.24. The monoisotopic (exact) mass is 465 g/mol. The minimum atomic E-state index is -0.970. The van der Waals surface area contributed by atoms with Crippen molar-refractivity contribution in [3.05, 3.63) is 29.3 Å². The van der Waals surface area contributed by atoms with Crippen molar-refractivity contribution < 1.29 is 33.4 Å². The number of nitrogens with one attached hydrogen (secondary N) is 1. The first-order valence-electron chi connectivity index (χ1n) is 10.4. The highest BCUT2D eigenvalue weighted by atomic mass is 32.2. The molecule has 174 valence electrons. The number of amides is 4. The van der Waals surface area contributed by atoms with E-state index in [1.807, 2.05) is 0 Å². The van der Waals surface area contributed by atoms with Crippen molar-refractivity contribution in [2.75, 3.05) is 51.9 Å². The zero-order valence-corrected chi connectivity index (χ0v) is 18.5. The molecule has 4 amide bonds. The van der Waals surface area contributed by atoms with Gasteiger partial charge in [-0.1, -0.05) is 6.07 Å². The molecule has 10 nitrogen and oxygen atoms in total. The lowest BCUT2D eigenvalue weighted by molar-refractivity contribution is -0.136. The third-order valence-corrected chi connectivity index (χ3v) is 5.94. The molecule has 1 atom stereocenters. The highest BCUT2D eigenvalue weighted by molar-refractivity contribution is 7.99. The van der Waals surface area contributed by atoms with Gasteiger partial charge in [-0.3, -0.25) is 29.4 Å². The van der Waals surface area contributed by atoms with Gasteiger partial charge in [-0.05, 0) is 18.6 Å². The largest absolute Gasteiger partial charge is 0.378 e. The number of imide groups is 2. The molecule has 0 saturated carbocycles. The molecular weight excluding hydrogens is 438 g/mol. The predicted octanol–water partition coefficient (Wildman–Crippen LogP) is 0.188. The topological polar surface area (TPSA) is 137 Å². The van der Waals surface area contributed by atoms with Gasteiger partial charge >= 0.3 is 0 Å². The molecule has 3 rings (SSSR count). The third-order valence-electron chi connectivity index (χ3n) is 4.92. The van der Waals surface area contributed by atoms with Crippen LogP contribution in [0.25, 0.3) is 0 Å². The van der Waals surface area contributed by atoms with Gasteiger partial charge in [-0.25, -0.2) is 0 Å². The van der Waals surface area contributed by atoms with E-state index in [9.17, 15) is 19.2 Å². The number of benzene rings is 1. The van der Waals surface area contributed by atoms with Gasteiger partial charge in [0.2, 0.25) is 11.8 Å². The summed E-state index contributed by atoms with van der Waals surface area (Å²) in [5.74, 6) is -1.45. The number of thioether (sulfide) groups is 1. The fourth-order valence-electron chi connectivity index (χ4n) is 3.44. The molecule has 0 spiro atoms. The van der Waals surface area contributed by atoms with Crippen molar-refractivity contribution >= 4 is 35.4 Å². The summed E-state index contributed by atoms with van der Waals surface area (Å²) >= 11 is 1.41. The second-order valence-electron chi connectivity index (χ2n) is 7.10. The minimum Gasteiger partial charge on any atom is -0.378 e. The molecule has 3 N–H and O–H groups in total. The number of hydrogen-bond acceptors (Lipinski definition) is 9. The van der Waals surface area contributed by atoms with Crippen LogP contribution in [0.3, 0.4) is 0 Å². The number of rotatable bonds is 13. The lowest BCUT2D eigenvalue weighted by Gasteiger charge is -2.27. The van der Waals surface area contributed by atoms with Crippen LogP contribution in [0.15, 0.2) is 23.1 Å². The molecule has 1 unspecified atom stereocenters. The van der Waals surface area contributed by atoms with Gasteiger partial charge in [0.05, 0.1) is 50.8 Å². The molecule has 11 heteroatoms. The number of nitrogens with two attached hydrogens (primary N) is 1. The van der Waals surface area contributed by atoms with Crippen LogP contribution < -0.4 is 11.1 Å². The molecule has 2 aliphatic heterocycles. The first-order valence-corrected chi connectivity index (χ1v) is 11.4. The van der Waals surface area contributed by atoms with Crippen LogP contribution in [0.5, 0.6) is 0 Å². The summed E-state index contributed by atoms with van der Waals surface area (Å²) in [6, 6.07) is 4.09. The fourth-order valence-corrected chi connectivity index (χ4v) is 4.38. The average Bonchev–Trinajstić information content (AvgIpc) is 3.03. The van der Waals surface area contributed by atoms with E-state index in [1.165, 1.54) is 11.8 Å². The number of carbonyl (C=O) groups is 4. The van der Waals surface area contributed by atoms with Gasteiger partial charge in [0, 0.05) is 23.6 Å². The smallest absolute Gasteiger partial charge is 0.263 e. The average molecular weight is 466 g/mol. The van der Waals surface area contributed by atoms with Crippen molar-refractivity contribution in [1.29, 1.82) is 0 Å².